The van der Waals surface area contributed by atoms with Crippen LogP contribution < -0.4 is 10.1 Å². The molecule has 2 aromatic rings. The third-order valence-electron chi connectivity index (χ3n) is 3.87. The second-order valence-electron chi connectivity index (χ2n) is 5.53. The van der Waals surface area contributed by atoms with Crippen molar-refractivity contribution in [2.45, 2.75) is 17.1 Å². The maximum absolute atomic E-state index is 12.5. The van der Waals surface area contributed by atoms with E-state index in [2.05, 4.69) is 5.32 Å². The highest BCUT2D eigenvalue weighted by Crippen LogP contribution is 2.30. The van der Waals surface area contributed by atoms with E-state index in [1.165, 1.54) is 23.5 Å². The maximum Gasteiger partial charge on any atom is 0.265 e. The summed E-state index contributed by atoms with van der Waals surface area (Å²) in [6.07, 6.45) is 1.74. The molecule has 1 aromatic heterocycles. The first kappa shape index (κ1) is 18.2. The first-order chi connectivity index (χ1) is 11.9. The summed E-state index contributed by atoms with van der Waals surface area (Å²) in [6, 6.07) is 7.89. The SMILES string of the molecule is COc1ccc(NC(=O)c2ccc(S(=O)(=O)N3CCCC3)s2)cc1Cl. The zero-order valence-electron chi connectivity index (χ0n) is 13.5. The molecule has 1 fully saturated rings. The van der Waals surface area contributed by atoms with Gasteiger partial charge in [0.1, 0.15) is 9.96 Å². The Labute approximate surface area is 155 Å². The summed E-state index contributed by atoms with van der Waals surface area (Å²) < 4.78 is 31.7. The number of nitrogens with one attached hydrogen (secondary N) is 1. The van der Waals surface area contributed by atoms with E-state index in [4.69, 9.17) is 16.3 Å². The minimum atomic E-state index is -3.51. The van der Waals surface area contributed by atoms with Crippen LogP contribution in [0, 0.1) is 0 Å². The van der Waals surface area contributed by atoms with Gasteiger partial charge in [-0.25, -0.2) is 8.42 Å². The van der Waals surface area contributed by atoms with Gasteiger partial charge in [-0.2, -0.15) is 4.31 Å². The normalized spacial score (nSPS) is 15.3. The summed E-state index contributed by atoms with van der Waals surface area (Å²) in [5.74, 6) is 0.129. The summed E-state index contributed by atoms with van der Waals surface area (Å²) in [5, 5.41) is 3.09. The number of rotatable bonds is 5. The Morgan fingerprint density at radius 3 is 2.60 bits per heavy atom. The number of thiophene rings is 1. The largest absolute Gasteiger partial charge is 0.495 e. The molecule has 1 aromatic carbocycles. The number of hydrogen-bond donors (Lipinski definition) is 1. The van der Waals surface area contributed by atoms with Crippen LogP contribution in [0.2, 0.25) is 5.02 Å². The van der Waals surface area contributed by atoms with Crippen LogP contribution in [0.25, 0.3) is 0 Å². The van der Waals surface area contributed by atoms with E-state index < -0.39 is 10.0 Å². The Kier molecular flexibility index (Phi) is 5.33. The van der Waals surface area contributed by atoms with Crippen LogP contribution >= 0.6 is 22.9 Å². The molecule has 0 spiro atoms. The van der Waals surface area contributed by atoms with Gasteiger partial charge in [0.05, 0.1) is 17.0 Å². The maximum atomic E-state index is 12.5. The zero-order chi connectivity index (χ0) is 18.0. The lowest BCUT2D eigenvalue weighted by Crippen LogP contribution is -2.27. The number of amides is 1. The lowest BCUT2D eigenvalue weighted by atomic mass is 10.3. The molecule has 1 saturated heterocycles. The molecule has 0 aliphatic carbocycles. The minimum Gasteiger partial charge on any atom is -0.495 e. The minimum absolute atomic E-state index is 0.187. The number of nitrogens with zero attached hydrogens (tertiary/aromatic N) is 1. The Hall–Kier alpha value is -1.61. The molecule has 1 aliphatic rings. The lowest BCUT2D eigenvalue weighted by molar-refractivity contribution is 0.103. The summed E-state index contributed by atoms with van der Waals surface area (Å²) in [6.45, 7) is 1.07. The molecule has 0 saturated carbocycles. The second kappa shape index (κ2) is 7.33. The summed E-state index contributed by atoms with van der Waals surface area (Å²) in [7, 11) is -2.00. The molecule has 134 valence electrons. The van der Waals surface area contributed by atoms with E-state index in [-0.39, 0.29) is 10.1 Å². The van der Waals surface area contributed by atoms with E-state index >= 15 is 0 Å². The molecular formula is C16H17ClN2O4S2. The second-order valence-corrected chi connectivity index (χ2v) is 9.19. The molecule has 1 N–H and O–H groups in total. The van der Waals surface area contributed by atoms with Crippen LogP contribution in [0.4, 0.5) is 5.69 Å². The van der Waals surface area contributed by atoms with Gasteiger partial charge in [-0.05, 0) is 43.2 Å². The van der Waals surface area contributed by atoms with Crippen molar-refractivity contribution in [3.05, 3.63) is 40.2 Å². The van der Waals surface area contributed by atoms with Gasteiger partial charge in [0.25, 0.3) is 15.9 Å². The third-order valence-corrected chi connectivity index (χ3v) is 7.62. The molecule has 2 heterocycles. The van der Waals surface area contributed by atoms with Crippen LogP contribution in [0.15, 0.2) is 34.5 Å². The first-order valence-electron chi connectivity index (χ1n) is 7.66. The van der Waals surface area contributed by atoms with Crippen molar-refractivity contribution in [3.8, 4) is 5.75 Å². The standard InChI is InChI=1S/C16H17ClN2O4S2/c1-23-13-5-4-11(10-12(13)17)18-16(20)14-6-7-15(24-14)25(21,22)19-8-2-3-9-19/h4-7,10H,2-3,8-9H2,1H3,(H,18,20). The number of sulfonamides is 1. The molecule has 0 radical (unpaired) electrons. The summed E-state index contributed by atoms with van der Waals surface area (Å²) in [4.78, 5) is 12.7. The van der Waals surface area contributed by atoms with E-state index in [0.717, 1.165) is 24.2 Å². The number of methoxy groups -OCH3 is 1. The Morgan fingerprint density at radius 1 is 1.24 bits per heavy atom. The zero-order valence-corrected chi connectivity index (χ0v) is 15.9. The van der Waals surface area contributed by atoms with E-state index in [1.807, 2.05) is 0 Å². The highest BCUT2D eigenvalue weighted by Gasteiger charge is 2.29. The van der Waals surface area contributed by atoms with Gasteiger partial charge < -0.3 is 10.1 Å². The summed E-state index contributed by atoms with van der Waals surface area (Å²) >= 11 is 7.00. The number of ether oxygens (including phenoxy) is 1. The number of halogens is 1. The quantitative estimate of drug-likeness (QED) is 0.834. The smallest absolute Gasteiger partial charge is 0.265 e. The van der Waals surface area contributed by atoms with Gasteiger partial charge in [-0.15, -0.1) is 11.3 Å². The molecule has 0 bridgehead atoms. The van der Waals surface area contributed by atoms with Crippen LogP contribution in [-0.2, 0) is 10.0 Å². The van der Waals surface area contributed by atoms with Gasteiger partial charge in [0, 0.05) is 18.8 Å². The molecule has 6 nitrogen and oxygen atoms in total. The molecule has 1 aliphatic heterocycles. The number of carbonyl (C=O) groups excluding carboxylic acids is 1. The predicted octanol–water partition coefficient (Wildman–Crippen LogP) is 3.45. The van der Waals surface area contributed by atoms with E-state index in [1.54, 1.807) is 18.2 Å². The van der Waals surface area contributed by atoms with Crippen molar-refractivity contribution >= 4 is 44.6 Å². The number of carbonyl (C=O) groups is 1. The fraction of sp³-hybridized carbons (Fsp3) is 0.312. The highest BCUT2D eigenvalue weighted by atomic mass is 35.5. The Morgan fingerprint density at radius 2 is 1.96 bits per heavy atom. The number of hydrogen-bond acceptors (Lipinski definition) is 5. The van der Waals surface area contributed by atoms with Crippen molar-refractivity contribution < 1.29 is 17.9 Å². The average Bonchev–Trinajstić information content (AvgIpc) is 3.27. The molecule has 25 heavy (non-hydrogen) atoms. The number of anilines is 1. The van der Waals surface area contributed by atoms with Gasteiger partial charge in [0.15, 0.2) is 0 Å². The molecule has 3 rings (SSSR count). The van der Waals surface area contributed by atoms with Gasteiger partial charge in [0.2, 0.25) is 0 Å². The fourth-order valence-electron chi connectivity index (χ4n) is 2.57. The van der Waals surface area contributed by atoms with Gasteiger partial charge in [-0.3, -0.25) is 4.79 Å². The average molecular weight is 401 g/mol. The first-order valence-corrected chi connectivity index (χ1v) is 10.3. The van der Waals surface area contributed by atoms with Crippen LogP contribution in [0.3, 0.4) is 0 Å². The third kappa shape index (κ3) is 3.82. The van der Waals surface area contributed by atoms with Crippen molar-refractivity contribution in [2.75, 3.05) is 25.5 Å². The highest BCUT2D eigenvalue weighted by molar-refractivity contribution is 7.91. The predicted molar refractivity (Wildman–Crippen MR) is 98.3 cm³/mol. The number of benzene rings is 1. The molecule has 1 amide bonds. The molecule has 0 atom stereocenters. The van der Waals surface area contributed by atoms with Crippen LogP contribution in [0.1, 0.15) is 22.5 Å². The molecule has 9 heteroatoms. The van der Waals surface area contributed by atoms with Crippen molar-refractivity contribution in [2.24, 2.45) is 0 Å². The van der Waals surface area contributed by atoms with Crippen LogP contribution in [0.5, 0.6) is 5.75 Å². The van der Waals surface area contributed by atoms with Crippen molar-refractivity contribution in [1.29, 1.82) is 0 Å². The topological polar surface area (TPSA) is 75.7 Å². The van der Waals surface area contributed by atoms with Gasteiger partial charge in [-0.1, -0.05) is 11.6 Å². The molecular weight excluding hydrogens is 384 g/mol. The summed E-state index contributed by atoms with van der Waals surface area (Å²) in [5.41, 5.74) is 0.508. The fourth-order valence-corrected chi connectivity index (χ4v) is 5.70. The molecule has 0 unspecified atom stereocenters. The van der Waals surface area contributed by atoms with Crippen molar-refractivity contribution in [3.63, 3.8) is 0 Å². The van der Waals surface area contributed by atoms with Crippen molar-refractivity contribution in [1.82, 2.24) is 4.31 Å². The van der Waals surface area contributed by atoms with Gasteiger partial charge >= 0.3 is 0 Å². The van der Waals surface area contributed by atoms with E-state index in [9.17, 15) is 13.2 Å². The Balaban J connectivity index is 1.75. The Bertz CT molecular complexity index is 889. The van der Waals surface area contributed by atoms with Crippen LogP contribution in [-0.4, -0.2) is 38.8 Å². The monoisotopic (exact) mass is 400 g/mol. The lowest BCUT2D eigenvalue weighted by Gasteiger charge is -2.13. The van der Waals surface area contributed by atoms with E-state index in [0.29, 0.717) is 34.4 Å².